The molecule has 23 heavy (non-hydrogen) atoms. The maximum absolute atomic E-state index is 12.0. The molecule has 0 aliphatic carbocycles. The molecule has 0 atom stereocenters. The van der Waals surface area contributed by atoms with Crippen molar-refractivity contribution in [3.63, 3.8) is 0 Å². The summed E-state index contributed by atoms with van der Waals surface area (Å²) < 4.78 is 9.83. The molecule has 0 aliphatic rings. The Labute approximate surface area is 137 Å². The quantitative estimate of drug-likeness (QED) is 0.719. The molecular formula is C15H15N5O2S. The van der Waals surface area contributed by atoms with Crippen molar-refractivity contribution in [3.05, 3.63) is 43.0 Å². The van der Waals surface area contributed by atoms with Crippen molar-refractivity contribution in [2.24, 2.45) is 7.05 Å². The lowest BCUT2D eigenvalue weighted by Gasteiger charge is -2.10. The second-order valence-electron chi connectivity index (χ2n) is 4.71. The van der Waals surface area contributed by atoms with Crippen molar-refractivity contribution in [2.45, 2.75) is 4.90 Å². The smallest absolute Gasteiger partial charge is 0.329 e. The van der Waals surface area contributed by atoms with E-state index in [9.17, 15) is 4.79 Å². The minimum atomic E-state index is -0.366. The fourth-order valence-corrected chi connectivity index (χ4v) is 2.77. The average Bonchev–Trinajstić information content (AvgIpc) is 2.95. The summed E-state index contributed by atoms with van der Waals surface area (Å²) in [7, 11) is 3.47. The van der Waals surface area contributed by atoms with Gasteiger partial charge in [-0.2, -0.15) is 0 Å². The number of amides is 2. The summed E-state index contributed by atoms with van der Waals surface area (Å²) in [5.41, 5.74) is 2.36. The number of rotatable bonds is 4. The first-order valence-corrected chi connectivity index (χ1v) is 7.62. The Kier molecular flexibility index (Phi) is 4.33. The first kappa shape index (κ1) is 15.2. The number of aromatic nitrogens is 3. The van der Waals surface area contributed by atoms with Crippen LogP contribution in [0.5, 0.6) is 5.75 Å². The van der Waals surface area contributed by atoms with Crippen molar-refractivity contribution >= 4 is 34.7 Å². The van der Waals surface area contributed by atoms with Crippen LogP contribution in [0, 0.1) is 0 Å². The Morgan fingerprint density at radius 1 is 1.35 bits per heavy atom. The van der Waals surface area contributed by atoms with Crippen LogP contribution in [0.2, 0.25) is 0 Å². The average molecular weight is 329 g/mol. The van der Waals surface area contributed by atoms with Gasteiger partial charge >= 0.3 is 6.03 Å². The summed E-state index contributed by atoms with van der Waals surface area (Å²) in [5.74, 6) is 0.548. The molecule has 0 bridgehead atoms. The van der Waals surface area contributed by atoms with Crippen LogP contribution in [0.25, 0.3) is 11.0 Å². The molecule has 1 aromatic carbocycles. The van der Waals surface area contributed by atoms with Crippen molar-refractivity contribution in [1.82, 2.24) is 19.3 Å². The van der Waals surface area contributed by atoms with E-state index in [4.69, 9.17) is 4.74 Å². The molecule has 118 valence electrons. The van der Waals surface area contributed by atoms with Crippen molar-refractivity contribution in [1.29, 1.82) is 0 Å². The van der Waals surface area contributed by atoms with E-state index in [1.54, 1.807) is 18.6 Å². The monoisotopic (exact) mass is 329 g/mol. The third kappa shape index (κ3) is 3.21. The van der Waals surface area contributed by atoms with Gasteiger partial charge in [-0.25, -0.2) is 9.78 Å². The van der Waals surface area contributed by atoms with E-state index < -0.39 is 0 Å². The molecule has 2 amide bonds. The molecule has 2 aromatic heterocycles. The predicted molar refractivity (Wildman–Crippen MR) is 89.5 cm³/mol. The first-order valence-electron chi connectivity index (χ1n) is 6.81. The Bertz CT molecular complexity index is 849. The molecule has 0 aliphatic heterocycles. The van der Waals surface area contributed by atoms with Crippen LogP contribution in [-0.4, -0.2) is 27.7 Å². The highest BCUT2D eigenvalue weighted by atomic mass is 32.2. The number of nitrogens with zero attached hydrogens (tertiary/aromatic N) is 3. The number of benzene rings is 1. The third-order valence-corrected chi connectivity index (χ3v) is 4.06. The molecule has 0 spiro atoms. The maximum Gasteiger partial charge on any atom is 0.329 e. The zero-order valence-electron chi connectivity index (χ0n) is 12.6. The normalized spacial score (nSPS) is 10.5. The molecule has 0 unspecified atom stereocenters. The standard InChI is InChI=1S/C15H15N5O2S/c1-20-9-17-14-11(20)4-3-5-13(14)23-19-15(21)18-10-8-16-7-6-12(10)22-2/h3-9H,1-2H3,(H2,18,19,21). The number of fused-ring (bicyclic) bond motifs is 1. The van der Waals surface area contributed by atoms with Gasteiger partial charge in [-0.3, -0.25) is 9.71 Å². The van der Waals surface area contributed by atoms with Crippen LogP contribution < -0.4 is 14.8 Å². The third-order valence-electron chi connectivity index (χ3n) is 3.22. The van der Waals surface area contributed by atoms with E-state index in [0.29, 0.717) is 11.4 Å². The van der Waals surface area contributed by atoms with Gasteiger partial charge in [0, 0.05) is 19.3 Å². The SMILES string of the molecule is COc1ccncc1NC(=O)NSc1cccc2c1ncn2C. The zero-order chi connectivity index (χ0) is 16.2. The number of pyridine rings is 1. The number of carbonyl (C=O) groups is 1. The van der Waals surface area contributed by atoms with E-state index in [1.807, 2.05) is 29.8 Å². The van der Waals surface area contributed by atoms with Crippen LogP contribution in [0.4, 0.5) is 10.5 Å². The van der Waals surface area contributed by atoms with E-state index in [2.05, 4.69) is 20.0 Å². The Morgan fingerprint density at radius 2 is 2.22 bits per heavy atom. The summed E-state index contributed by atoms with van der Waals surface area (Å²) in [6.07, 6.45) is 4.87. The van der Waals surface area contributed by atoms with Crippen LogP contribution in [0.1, 0.15) is 0 Å². The number of anilines is 1. The number of carbonyl (C=O) groups excluding carboxylic acids is 1. The molecule has 3 aromatic rings. The van der Waals surface area contributed by atoms with Gasteiger partial charge in [0.05, 0.1) is 30.0 Å². The lowest BCUT2D eigenvalue weighted by atomic mass is 10.3. The number of imidazole rings is 1. The Balaban J connectivity index is 1.69. The van der Waals surface area contributed by atoms with Gasteiger partial charge in [0.1, 0.15) is 17.0 Å². The summed E-state index contributed by atoms with van der Waals surface area (Å²) in [4.78, 5) is 21.2. The van der Waals surface area contributed by atoms with Crippen LogP contribution in [0.3, 0.4) is 0 Å². The number of ether oxygens (including phenoxy) is 1. The molecule has 0 saturated heterocycles. The van der Waals surface area contributed by atoms with Gasteiger partial charge in [0.25, 0.3) is 0 Å². The van der Waals surface area contributed by atoms with Gasteiger partial charge in [-0.05, 0) is 24.1 Å². The molecular weight excluding hydrogens is 314 g/mol. The van der Waals surface area contributed by atoms with E-state index in [0.717, 1.165) is 15.9 Å². The predicted octanol–water partition coefficient (Wildman–Crippen LogP) is 2.81. The molecule has 7 nitrogen and oxygen atoms in total. The molecule has 8 heteroatoms. The highest BCUT2D eigenvalue weighted by Gasteiger charge is 2.10. The van der Waals surface area contributed by atoms with Crippen LogP contribution >= 0.6 is 11.9 Å². The maximum atomic E-state index is 12.0. The largest absolute Gasteiger partial charge is 0.494 e. The topological polar surface area (TPSA) is 81.1 Å². The van der Waals surface area contributed by atoms with E-state index in [-0.39, 0.29) is 6.03 Å². The lowest BCUT2D eigenvalue weighted by molar-refractivity contribution is 0.257. The van der Waals surface area contributed by atoms with Crippen molar-refractivity contribution in [2.75, 3.05) is 12.4 Å². The molecule has 0 fully saturated rings. The minimum absolute atomic E-state index is 0.366. The summed E-state index contributed by atoms with van der Waals surface area (Å²) in [5, 5.41) is 2.70. The summed E-state index contributed by atoms with van der Waals surface area (Å²) in [6, 6.07) is 7.12. The number of para-hydroxylation sites is 1. The van der Waals surface area contributed by atoms with Gasteiger partial charge in [-0.15, -0.1) is 0 Å². The Morgan fingerprint density at radius 3 is 3.04 bits per heavy atom. The van der Waals surface area contributed by atoms with Crippen LogP contribution in [0.15, 0.2) is 47.9 Å². The molecule has 2 N–H and O–H groups in total. The summed E-state index contributed by atoms with van der Waals surface area (Å²) >= 11 is 1.20. The number of hydrogen-bond donors (Lipinski definition) is 2. The number of hydrogen-bond acceptors (Lipinski definition) is 5. The minimum Gasteiger partial charge on any atom is -0.494 e. The number of methoxy groups -OCH3 is 1. The van der Waals surface area contributed by atoms with Gasteiger partial charge in [0.15, 0.2) is 0 Å². The molecule has 3 rings (SSSR count). The zero-order valence-corrected chi connectivity index (χ0v) is 13.4. The fraction of sp³-hybridized carbons (Fsp3) is 0.133. The molecule has 0 saturated carbocycles. The van der Waals surface area contributed by atoms with E-state index >= 15 is 0 Å². The lowest BCUT2D eigenvalue weighted by Crippen LogP contribution is -2.23. The second kappa shape index (κ2) is 6.57. The van der Waals surface area contributed by atoms with E-state index in [1.165, 1.54) is 25.3 Å². The van der Waals surface area contributed by atoms with Crippen LogP contribution in [-0.2, 0) is 7.05 Å². The highest BCUT2D eigenvalue weighted by Crippen LogP contribution is 2.25. The number of aryl methyl sites for hydroxylation is 1. The van der Waals surface area contributed by atoms with Gasteiger partial charge < -0.3 is 14.6 Å². The van der Waals surface area contributed by atoms with Crippen molar-refractivity contribution in [3.8, 4) is 5.75 Å². The van der Waals surface area contributed by atoms with Gasteiger partial charge in [-0.1, -0.05) is 6.07 Å². The second-order valence-corrected chi connectivity index (χ2v) is 5.56. The van der Waals surface area contributed by atoms with Crippen molar-refractivity contribution < 1.29 is 9.53 Å². The number of nitrogens with one attached hydrogen (secondary N) is 2. The fourth-order valence-electron chi connectivity index (χ4n) is 2.12. The molecule has 2 heterocycles. The number of urea groups is 1. The summed E-state index contributed by atoms with van der Waals surface area (Å²) in [6.45, 7) is 0. The molecule has 0 radical (unpaired) electrons. The highest BCUT2D eigenvalue weighted by molar-refractivity contribution is 7.98. The first-order chi connectivity index (χ1) is 11.2. The van der Waals surface area contributed by atoms with Gasteiger partial charge in [0.2, 0.25) is 0 Å². The Hall–Kier alpha value is -2.74.